The number of methoxy groups -OCH3 is 2. The van der Waals surface area contributed by atoms with E-state index in [1.165, 1.54) is 11.1 Å². The van der Waals surface area contributed by atoms with Gasteiger partial charge in [-0.05, 0) is 83.6 Å². The third-order valence-corrected chi connectivity index (χ3v) is 11.3. The minimum Gasteiger partial charge on any atom is -0.497 e. The van der Waals surface area contributed by atoms with Crippen LogP contribution < -0.4 is 20.1 Å². The zero-order valence-electron chi connectivity index (χ0n) is 34.3. The van der Waals surface area contributed by atoms with Crippen molar-refractivity contribution >= 4 is 29.3 Å². The van der Waals surface area contributed by atoms with Crippen LogP contribution in [-0.2, 0) is 12.8 Å². The first-order valence-corrected chi connectivity index (χ1v) is 20.6. The highest BCUT2D eigenvalue weighted by molar-refractivity contribution is 5.74. The van der Waals surface area contributed by atoms with E-state index in [0.29, 0.717) is 11.9 Å². The van der Waals surface area contributed by atoms with Crippen molar-refractivity contribution in [3.63, 3.8) is 0 Å². The average Bonchev–Trinajstić information content (AvgIpc) is 3.32. The standard InChI is InChI=1S/C47H52N10O3/c1-59-43-15-7-37(8-16-43)39-31-48-45(49-32-39)52-41-11-3-35(4-12-41)19-21-54-23-27-56(28-24-54)47(58)57-29-25-55(26-30-57)22-20-36-5-13-42(14-6-36)53-46-50-33-40(34-51-46)38-9-17-44(60-2)18-10-38/h3-18,31-34H,19-30H2,1-2H3,(H,48,49,52)(H,50,51,53). The average molecular weight is 805 g/mol. The van der Waals surface area contributed by atoms with E-state index in [2.05, 4.69) is 88.9 Å². The number of benzene rings is 4. The van der Waals surface area contributed by atoms with Gasteiger partial charge in [-0.25, -0.2) is 24.7 Å². The maximum atomic E-state index is 13.4. The molecule has 0 aliphatic carbocycles. The van der Waals surface area contributed by atoms with Crippen LogP contribution in [0.25, 0.3) is 22.3 Å². The first kappa shape index (κ1) is 40.2. The van der Waals surface area contributed by atoms with E-state index in [1.54, 1.807) is 14.2 Å². The highest BCUT2D eigenvalue weighted by atomic mass is 16.5. The molecule has 4 aromatic carbocycles. The number of carbonyl (C=O) groups excluding carboxylic acids is 1. The lowest BCUT2D eigenvalue weighted by atomic mass is 10.1. The summed E-state index contributed by atoms with van der Waals surface area (Å²) in [6.07, 6.45) is 9.21. The number of aromatic nitrogens is 4. The van der Waals surface area contributed by atoms with Crippen LogP contribution in [0.3, 0.4) is 0 Å². The van der Waals surface area contributed by atoms with Crippen LogP contribution in [-0.4, -0.2) is 125 Å². The Morgan fingerprint density at radius 3 is 1.17 bits per heavy atom. The van der Waals surface area contributed by atoms with Crippen LogP contribution in [0.5, 0.6) is 11.5 Å². The Hall–Kier alpha value is -6.57. The summed E-state index contributed by atoms with van der Waals surface area (Å²) in [6.45, 7) is 8.60. The molecule has 2 N–H and O–H groups in total. The molecule has 13 heteroatoms. The van der Waals surface area contributed by atoms with Gasteiger partial charge in [-0.2, -0.15) is 0 Å². The van der Waals surface area contributed by atoms with Gasteiger partial charge in [0.2, 0.25) is 11.9 Å². The topological polar surface area (TPSA) is 124 Å². The molecule has 2 aromatic heterocycles. The van der Waals surface area contributed by atoms with Crippen molar-refractivity contribution in [2.24, 2.45) is 0 Å². The molecule has 0 bridgehead atoms. The third kappa shape index (κ3) is 10.5. The van der Waals surface area contributed by atoms with Crippen molar-refractivity contribution < 1.29 is 14.3 Å². The summed E-state index contributed by atoms with van der Waals surface area (Å²) in [6, 6.07) is 32.8. The fraction of sp³-hybridized carbons (Fsp3) is 0.298. The lowest BCUT2D eigenvalue weighted by Gasteiger charge is -2.40. The Morgan fingerprint density at radius 1 is 0.483 bits per heavy atom. The second kappa shape index (κ2) is 19.5. The quantitative estimate of drug-likeness (QED) is 0.116. The number of hydrogen-bond donors (Lipinski definition) is 2. The third-order valence-electron chi connectivity index (χ3n) is 11.3. The molecular formula is C47H52N10O3. The first-order valence-electron chi connectivity index (χ1n) is 20.6. The Balaban J connectivity index is 0.703. The lowest BCUT2D eigenvalue weighted by Crippen LogP contribution is -2.57. The Labute approximate surface area is 352 Å². The van der Waals surface area contributed by atoms with Gasteiger partial charge in [-0.1, -0.05) is 48.5 Å². The van der Waals surface area contributed by atoms with Gasteiger partial charge in [0, 0.05) is 113 Å². The van der Waals surface area contributed by atoms with Gasteiger partial charge in [-0.3, -0.25) is 9.80 Å². The molecular weight excluding hydrogens is 753 g/mol. The molecule has 2 aliphatic rings. The Morgan fingerprint density at radius 2 is 0.833 bits per heavy atom. The molecule has 4 heterocycles. The highest BCUT2D eigenvalue weighted by Crippen LogP contribution is 2.24. The summed E-state index contributed by atoms with van der Waals surface area (Å²) in [5.74, 6) is 2.75. The fourth-order valence-corrected chi connectivity index (χ4v) is 7.52. The van der Waals surface area contributed by atoms with E-state index >= 15 is 0 Å². The van der Waals surface area contributed by atoms with Crippen molar-refractivity contribution in [2.75, 3.05) is 90.3 Å². The lowest BCUT2D eigenvalue weighted by molar-refractivity contribution is 0.0909. The molecule has 0 unspecified atom stereocenters. The minimum atomic E-state index is 0.180. The Bertz CT molecular complexity index is 2090. The molecule has 0 spiro atoms. The molecule has 6 aromatic rings. The molecule has 308 valence electrons. The van der Waals surface area contributed by atoms with Crippen molar-refractivity contribution in [1.29, 1.82) is 0 Å². The summed E-state index contributed by atoms with van der Waals surface area (Å²) < 4.78 is 10.5. The zero-order valence-corrected chi connectivity index (χ0v) is 34.3. The second-order valence-electron chi connectivity index (χ2n) is 15.1. The first-order chi connectivity index (χ1) is 29.5. The van der Waals surface area contributed by atoms with Gasteiger partial charge >= 0.3 is 6.03 Å². The number of ether oxygens (including phenoxy) is 2. The number of nitrogens with zero attached hydrogens (tertiary/aromatic N) is 8. The van der Waals surface area contributed by atoms with E-state index in [9.17, 15) is 4.79 Å². The van der Waals surface area contributed by atoms with E-state index < -0.39 is 0 Å². The predicted octanol–water partition coefficient (Wildman–Crippen LogP) is 7.25. The number of nitrogens with one attached hydrogen (secondary N) is 2. The largest absolute Gasteiger partial charge is 0.497 e. The number of carbonyl (C=O) groups is 1. The molecule has 0 atom stereocenters. The van der Waals surface area contributed by atoms with Crippen LogP contribution >= 0.6 is 0 Å². The molecule has 2 saturated heterocycles. The SMILES string of the molecule is COc1ccc(-c2cnc(Nc3ccc(CCN4CCN(C(=O)N5CCN(CCc6ccc(Nc7ncc(-c8ccc(OC)cc8)cn7)cc6)CC5)CC4)cc3)nc2)cc1. The number of anilines is 4. The maximum Gasteiger partial charge on any atom is 0.320 e. The molecule has 60 heavy (non-hydrogen) atoms. The van der Waals surface area contributed by atoms with Crippen molar-refractivity contribution in [3.8, 4) is 33.8 Å². The van der Waals surface area contributed by atoms with Gasteiger partial charge in [0.05, 0.1) is 14.2 Å². The summed E-state index contributed by atoms with van der Waals surface area (Å²) >= 11 is 0. The normalized spacial score (nSPS) is 14.8. The van der Waals surface area contributed by atoms with Crippen LogP contribution in [0.4, 0.5) is 28.1 Å². The van der Waals surface area contributed by atoms with Crippen LogP contribution in [0, 0.1) is 0 Å². The number of piperazine rings is 2. The Kier molecular flexibility index (Phi) is 13.0. The smallest absolute Gasteiger partial charge is 0.320 e. The zero-order chi connectivity index (χ0) is 41.1. The fourth-order valence-electron chi connectivity index (χ4n) is 7.52. The van der Waals surface area contributed by atoms with Crippen LogP contribution in [0.2, 0.25) is 0 Å². The van der Waals surface area contributed by atoms with Crippen molar-refractivity contribution in [3.05, 3.63) is 133 Å². The van der Waals surface area contributed by atoms with Gasteiger partial charge in [0.25, 0.3) is 0 Å². The molecule has 0 radical (unpaired) electrons. The summed E-state index contributed by atoms with van der Waals surface area (Å²) in [7, 11) is 3.32. The minimum absolute atomic E-state index is 0.180. The summed E-state index contributed by atoms with van der Waals surface area (Å²) in [4.78, 5) is 40.4. The van der Waals surface area contributed by atoms with E-state index in [0.717, 1.165) is 123 Å². The molecule has 8 rings (SSSR count). The van der Waals surface area contributed by atoms with Gasteiger partial charge in [0.1, 0.15) is 11.5 Å². The number of hydrogen-bond acceptors (Lipinski definition) is 11. The van der Waals surface area contributed by atoms with Gasteiger partial charge in [0.15, 0.2) is 0 Å². The summed E-state index contributed by atoms with van der Waals surface area (Å²) in [5, 5.41) is 6.60. The number of rotatable bonds is 14. The van der Waals surface area contributed by atoms with Gasteiger partial charge < -0.3 is 29.9 Å². The van der Waals surface area contributed by atoms with Crippen molar-refractivity contribution in [2.45, 2.75) is 12.8 Å². The molecule has 2 fully saturated rings. The monoisotopic (exact) mass is 804 g/mol. The van der Waals surface area contributed by atoms with E-state index in [1.807, 2.05) is 83.1 Å². The second-order valence-corrected chi connectivity index (χ2v) is 15.1. The van der Waals surface area contributed by atoms with E-state index in [4.69, 9.17) is 9.47 Å². The molecule has 13 nitrogen and oxygen atoms in total. The van der Waals surface area contributed by atoms with E-state index in [-0.39, 0.29) is 6.03 Å². The summed E-state index contributed by atoms with van der Waals surface area (Å²) in [5.41, 5.74) is 8.42. The number of urea groups is 1. The number of amides is 2. The van der Waals surface area contributed by atoms with Crippen LogP contribution in [0.15, 0.2) is 122 Å². The molecule has 0 saturated carbocycles. The highest BCUT2D eigenvalue weighted by Gasteiger charge is 2.27. The van der Waals surface area contributed by atoms with Crippen LogP contribution in [0.1, 0.15) is 11.1 Å². The molecule has 2 aliphatic heterocycles. The van der Waals surface area contributed by atoms with Crippen molar-refractivity contribution in [1.82, 2.24) is 39.5 Å². The predicted molar refractivity (Wildman–Crippen MR) is 236 cm³/mol. The maximum absolute atomic E-state index is 13.4. The molecule has 2 amide bonds. The van der Waals surface area contributed by atoms with Gasteiger partial charge in [-0.15, -0.1) is 0 Å².